The molecule has 0 aliphatic rings. The molecule has 0 amide bonds. The number of carbonyl (C=O) groups is 1. The summed E-state index contributed by atoms with van der Waals surface area (Å²) in [5.41, 5.74) is 3.47. The lowest BCUT2D eigenvalue weighted by Gasteiger charge is -2.06. The Morgan fingerprint density at radius 3 is 2.05 bits per heavy atom. The van der Waals surface area contributed by atoms with E-state index < -0.39 is 5.97 Å². The molecule has 20 heavy (non-hydrogen) atoms. The van der Waals surface area contributed by atoms with Crippen molar-refractivity contribution in [3.8, 4) is 11.1 Å². The summed E-state index contributed by atoms with van der Waals surface area (Å²) < 4.78 is 0. The molecule has 2 rings (SSSR count). The number of carboxylic acid groups (broad SMARTS) is 1. The number of rotatable bonds is 3. The molecular formula is C16H12Cl2O2. The van der Waals surface area contributed by atoms with Gasteiger partial charge in [-0.05, 0) is 47.4 Å². The standard InChI is InChI=1S/C16H12Cl2O2/c1-10(6-16(19)20)11-2-4-12(5-3-11)13-7-14(17)9-15(18)8-13/h2-9H,1H3,(H,19,20)/b10-6-. The maximum atomic E-state index is 10.6. The summed E-state index contributed by atoms with van der Waals surface area (Å²) in [5.74, 6) is -0.951. The van der Waals surface area contributed by atoms with E-state index in [1.165, 1.54) is 6.08 Å². The van der Waals surface area contributed by atoms with Gasteiger partial charge in [0.15, 0.2) is 0 Å². The van der Waals surface area contributed by atoms with Crippen molar-refractivity contribution in [2.24, 2.45) is 0 Å². The molecular weight excluding hydrogens is 295 g/mol. The lowest BCUT2D eigenvalue weighted by atomic mass is 10.0. The molecule has 0 bridgehead atoms. The van der Waals surface area contributed by atoms with Crippen molar-refractivity contribution in [2.45, 2.75) is 6.92 Å². The van der Waals surface area contributed by atoms with Crippen LogP contribution in [0, 0.1) is 0 Å². The topological polar surface area (TPSA) is 37.3 Å². The lowest BCUT2D eigenvalue weighted by molar-refractivity contribution is -0.131. The Morgan fingerprint density at radius 2 is 1.55 bits per heavy atom. The molecule has 0 fully saturated rings. The summed E-state index contributed by atoms with van der Waals surface area (Å²) in [6.07, 6.45) is 1.19. The first-order valence-electron chi connectivity index (χ1n) is 5.94. The predicted octanol–water partition coefficient (Wildman–Crippen LogP) is 5.15. The summed E-state index contributed by atoms with van der Waals surface area (Å²) in [6.45, 7) is 1.76. The largest absolute Gasteiger partial charge is 0.478 e. The first kappa shape index (κ1) is 14.6. The van der Waals surface area contributed by atoms with E-state index in [1.807, 2.05) is 36.4 Å². The molecule has 0 aliphatic carbocycles. The number of benzene rings is 2. The van der Waals surface area contributed by atoms with E-state index in [-0.39, 0.29) is 0 Å². The maximum absolute atomic E-state index is 10.6. The van der Waals surface area contributed by atoms with Crippen molar-refractivity contribution in [3.05, 3.63) is 64.1 Å². The fourth-order valence-corrected chi connectivity index (χ4v) is 2.44. The minimum atomic E-state index is -0.951. The summed E-state index contributed by atoms with van der Waals surface area (Å²) in [6, 6.07) is 12.9. The molecule has 0 aromatic heterocycles. The monoisotopic (exact) mass is 306 g/mol. The third kappa shape index (κ3) is 3.62. The van der Waals surface area contributed by atoms with Crippen molar-refractivity contribution in [1.82, 2.24) is 0 Å². The van der Waals surface area contributed by atoms with E-state index in [9.17, 15) is 4.79 Å². The van der Waals surface area contributed by atoms with Gasteiger partial charge in [0.1, 0.15) is 0 Å². The molecule has 2 nitrogen and oxygen atoms in total. The molecule has 0 saturated heterocycles. The number of hydrogen-bond acceptors (Lipinski definition) is 1. The van der Waals surface area contributed by atoms with Gasteiger partial charge in [-0.2, -0.15) is 0 Å². The van der Waals surface area contributed by atoms with E-state index in [0.717, 1.165) is 16.7 Å². The van der Waals surface area contributed by atoms with Gasteiger partial charge >= 0.3 is 5.97 Å². The molecule has 0 unspecified atom stereocenters. The van der Waals surface area contributed by atoms with Crippen LogP contribution in [0.5, 0.6) is 0 Å². The lowest BCUT2D eigenvalue weighted by Crippen LogP contribution is -1.90. The van der Waals surface area contributed by atoms with Crippen molar-refractivity contribution in [3.63, 3.8) is 0 Å². The predicted molar refractivity (Wildman–Crippen MR) is 83.2 cm³/mol. The van der Waals surface area contributed by atoms with Crippen LogP contribution in [0.25, 0.3) is 16.7 Å². The smallest absolute Gasteiger partial charge is 0.328 e. The van der Waals surface area contributed by atoms with Gasteiger partial charge in [-0.1, -0.05) is 47.5 Å². The van der Waals surface area contributed by atoms with Crippen LogP contribution in [-0.2, 0) is 4.79 Å². The molecule has 102 valence electrons. The fraction of sp³-hybridized carbons (Fsp3) is 0.0625. The van der Waals surface area contributed by atoms with Crippen molar-refractivity contribution in [1.29, 1.82) is 0 Å². The van der Waals surface area contributed by atoms with E-state index >= 15 is 0 Å². The van der Waals surface area contributed by atoms with E-state index in [2.05, 4.69) is 0 Å². The van der Waals surface area contributed by atoms with Crippen LogP contribution in [0.4, 0.5) is 0 Å². The highest BCUT2D eigenvalue weighted by atomic mass is 35.5. The summed E-state index contributed by atoms with van der Waals surface area (Å²) >= 11 is 12.0. The van der Waals surface area contributed by atoms with Gasteiger partial charge in [0.2, 0.25) is 0 Å². The van der Waals surface area contributed by atoms with E-state index in [4.69, 9.17) is 28.3 Å². The Balaban J connectivity index is 2.35. The highest BCUT2D eigenvalue weighted by Gasteiger charge is 2.03. The Bertz CT molecular complexity index is 653. The summed E-state index contributed by atoms with van der Waals surface area (Å²) in [7, 11) is 0. The van der Waals surface area contributed by atoms with Crippen LogP contribution in [0.15, 0.2) is 48.5 Å². The summed E-state index contributed by atoms with van der Waals surface area (Å²) in [4.78, 5) is 10.6. The van der Waals surface area contributed by atoms with Gasteiger partial charge in [-0.3, -0.25) is 0 Å². The molecule has 2 aromatic rings. The zero-order valence-corrected chi connectivity index (χ0v) is 12.2. The Morgan fingerprint density at radius 1 is 1.00 bits per heavy atom. The van der Waals surface area contributed by atoms with Gasteiger partial charge < -0.3 is 5.11 Å². The Kier molecular flexibility index (Phi) is 4.48. The van der Waals surface area contributed by atoms with Crippen LogP contribution in [0.3, 0.4) is 0 Å². The van der Waals surface area contributed by atoms with Crippen LogP contribution >= 0.6 is 23.2 Å². The molecule has 4 heteroatoms. The molecule has 0 atom stereocenters. The second kappa shape index (κ2) is 6.12. The van der Waals surface area contributed by atoms with Crippen molar-refractivity contribution < 1.29 is 9.90 Å². The van der Waals surface area contributed by atoms with Crippen LogP contribution in [-0.4, -0.2) is 11.1 Å². The fourth-order valence-electron chi connectivity index (χ4n) is 1.91. The Labute approximate surface area is 127 Å². The normalized spacial score (nSPS) is 11.4. The average molecular weight is 307 g/mol. The first-order valence-corrected chi connectivity index (χ1v) is 6.69. The molecule has 0 aliphatic heterocycles. The minimum absolute atomic E-state index is 0.582. The maximum Gasteiger partial charge on any atom is 0.328 e. The Hall–Kier alpha value is -1.77. The zero-order valence-electron chi connectivity index (χ0n) is 10.7. The van der Waals surface area contributed by atoms with Gasteiger partial charge in [0, 0.05) is 16.1 Å². The van der Waals surface area contributed by atoms with E-state index in [1.54, 1.807) is 13.0 Å². The molecule has 0 saturated carbocycles. The van der Waals surface area contributed by atoms with Gasteiger partial charge in [0.05, 0.1) is 0 Å². The van der Waals surface area contributed by atoms with E-state index in [0.29, 0.717) is 15.6 Å². The minimum Gasteiger partial charge on any atom is -0.478 e. The highest BCUT2D eigenvalue weighted by molar-refractivity contribution is 6.35. The first-order chi connectivity index (χ1) is 9.45. The van der Waals surface area contributed by atoms with Crippen LogP contribution < -0.4 is 0 Å². The molecule has 0 heterocycles. The van der Waals surface area contributed by atoms with Gasteiger partial charge in [-0.15, -0.1) is 0 Å². The molecule has 1 N–H and O–H groups in total. The summed E-state index contributed by atoms with van der Waals surface area (Å²) in [5, 5.41) is 9.90. The van der Waals surface area contributed by atoms with Gasteiger partial charge in [-0.25, -0.2) is 4.79 Å². The van der Waals surface area contributed by atoms with Gasteiger partial charge in [0.25, 0.3) is 0 Å². The average Bonchev–Trinajstić information content (AvgIpc) is 2.37. The van der Waals surface area contributed by atoms with Crippen molar-refractivity contribution >= 4 is 34.7 Å². The van der Waals surface area contributed by atoms with Crippen LogP contribution in [0.2, 0.25) is 10.0 Å². The third-order valence-corrected chi connectivity index (χ3v) is 3.31. The molecule has 2 aromatic carbocycles. The number of carboxylic acids is 1. The third-order valence-electron chi connectivity index (χ3n) is 2.88. The highest BCUT2D eigenvalue weighted by Crippen LogP contribution is 2.28. The second-order valence-corrected chi connectivity index (χ2v) is 5.27. The molecule has 0 spiro atoms. The number of hydrogen-bond donors (Lipinski definition) is 1. The zero-order chi connectivity index (χ0) is 14.7. The number of halogens is 2. The number of aliphatic carboxylic acids is 1. The number of allylic oxidation sites excluding steroid dienone is 1. The molecule has 0 radical (unpaired) electrons. The SMILES string of the molecule is C/C(=C/C(=O)O)c1ccc(-c2cc(Cl)cc(Cl)c2)cc1. The quantitative estimate of drug-likeness (QED) is 0.796. The van der Waals surface area contributed by atoms with Crippen molar-refractivity contribution in [2.75, 3.05) is 0 Å². The second-order valence-electron chi connectivity index (χ2n) is 4.40. The van der Waals surface area contributed by atoms with Crippen LogP contribution in [0.1, 0.15) is 12.5 Å².